The molecule has 0 aliphatic rings. The lowest BCUT2D eigenvalue weighted by atomic mass is 10.1. The largest absolute Gasteiger partial charge is 0.469 e. The van der Waals surface area contributed by atoms with E-state index in [9.17, 15) is 18.8 Å². The standard InChI is InChI=1S/C19H19ClFNO5/c1-11-9-13(12(2)22(11)8-7-17(24)26-3)16(23)10-27-19(25)18-14(20)5-4-6-15(18)21/h4-6,9H,7-8,10H2,1-3H3. The van der Waals surface area contributed by atoms with Gasteiger partial charge in [-0.3, -0.25) is 9.59 Å². The molecule has 27 heavy (non-hydrogen) atoms. The molecular formula is C19H19ClFNO5. The number of benzene rings is 1. The molecule has 0 saturated carbocycles. The van der Waals surface area contributed by atoms with Crippen molar-refractivity contribution in [3.05, 3.63) is 57.6 Å². The minimum Gasteiger partial charge on any atom is -0.469 e. The second-order valence-corrected chi connectivity index (χ2v) is 6.27. The maximum atomic E-state index is 13.7. The molecule has 0 N–H and O–H groups in total. The van der Waals surface area contributed by atoms with Crippen LogP contribution in [0.4, 0.5) is 4.39 Å². The minimum absolute atomic E-state index is 0.0894. The van der Waals surface area contributed by atoms with Gasteiger partial charge in [-0.15, -0.1) is 0 Å². The molecule has 0 bridgehead atoms. The second kappa shape index (κ2) is 8.81. The van der Waals surface area contributed by atoms with E-state index >= 15 is 0 Å². The lowest BCUT2D eigenvalue weighted by Gasteiger charge is -2.09. The number of carbonyl (C=O) groups excluding carboxylic acids is 3. The van der Waals surface area contributed by atoms with Crippen LogP contribution in [0, 0.1) is 19.7 Å². The van der Waals surface area contributed by atoms with Crippen molar-refractivity contribution >= 4 is 29.3 Å². The number of hydrogen-bond donors (Lipinski definition) is 0. The van der Waals surface area contributed by atoms with E-state index in [4.69, 9.17) is 16.3 Å². The first-order valence-electron chi connectivity index (χ1n) is 8.14. The van der Waals surface area contributed by atoms with Gasteiger partial charge in [0, 0.05) is 23.5 Å². The first-order chi connectivity index (χ1) is 12.8. The van der Waals surface area contributed by atoms with Crippen LogP contribution in [-0.4, -0.2) is 36.0 Å². The van der Waals surface area contributed by atoms with Crippen LogP contribution >= 0.6 is 11.6 Å². The third-order valence-corrected chi connectivity index (χ3v) is 4.46. The topological polar surface area (TPSA) is 74.6 Å². The molecule has 1 aromatic carbocycles. The lowest BCUT2D eigenvalue weighted by molar-refractivity contribution is -0.140. The average Bonchev–Trinajstić information content (AvgIpc) is 2.91. The number of rotatable bonds is 7. The van der Waals surface area contributed by atoms with Gasteiger partial charge in [0.25, 0.3) is 0 Å². The highest BCUT2D eigenvalue weighted by atomic mass is 35.5. The van der Waals surface area contributed by atoms with E-state index in [1.54, 1.807) is 24.5 Å². The van der Waals surface area contributed by atoms with Crippen LogP contribution in [0.3, 0.4) is 0 Å². The van der Waals surface area contributed by atoms with Crippen molar-refractivity contribution in [2.45, 2.75) is 26.8 Å². The normalized spacial score (nSPS) is 10.6. The summed E-state index contributed by atoms with van der Waals surface area (Å²) in [4.78, 5) is 35.8. The number of hydrogen-bond acceptors (Lipinski definition) is 5. The van der Waals surface area contributed by atoms with Gasteiger partial charge in [-0.2, -0.15) is 0 Å². The van der Waals surface area contributed by atoms with Crippen LogP contribution in [0.15, 0.2) is 24.3 Å². The van der Waals surface area contributed by atoms with Crippen molar-refractivity contribution in [2.24, 2.45) is 0 Å². The molecule has 8 heteroatoms. The number of carbonyl (C=O) groups is 3. The quantitative estimate of drug-likeness (QED) is 0.530. The molecule has 0 aliphatic heterocycles. The zero-order valence-electron chi connectivity index (χ0n) is 15.2. The van der Waals surface area contributed by atoms with Crippen LogP contribution in [0.1, 0.15) is 38.5 Å². The highest BCUT2D eigenvalue weighted by Crippen LogP contribution is 2.21. The first kappa shape index (κ1) is 20.6. The number of nitrogens with zero attached hydrogens (tertiary/aromatic N) is 1. The van der Waals surface area contributed by atoms with E-state index in [1.165, 1.54) is 19.2 Å². The van der Waals surface area contributed by atoms with Crippen LogP contribution in [0.2, 0.25) is 5.02 Å². The summed E-state index contributed by atoms with van der Waals surface area (Å²) in [5, 5.41) is -0.0894. The third-order valence-electron chi connectivity index (χ3n) is 4.14. The Labute approximate surface area is 160 Å². The van der Waals surface area contributed by atoms with E-state index in [-0.39, 0.29) is 17.4 Å². The fourth-order valence-electron chi connectivity index (χ4n) is 2.71. The maximum absolute atomic E-state index is 13.7. The van der Waals surface area contributed by atoms with Crippen molar-refractivity contribution < 1.29 is 28.2 Å². The smallest absolute Gasteiger partial charge is 0.343 e. The maximum Gasteiger partial charge on any atom is 0.343 e. The predicted molar refractivity (Wildman–Crippen MR) is 96.6 cm³/mol. The van der Waals surface area contributed by atoms with Gasteiger partial charge < -0.3 is 14.0 Å². The zero-order valence-corrected chi connectivity index (χ0v) is 15.9. The van der Waals surface area contributed by atoms with Gasteiger partial charge in [0.2, 0.25) is 5.78 Å². The molecule has 0 unspecified atom stereocenters. The monoisotopic (exact) mass is 395 g/mol. The number of methoxy groups -OCH3 is 1. The van der Waals surface area contributed by atoms with Crippen LogP contribution < -0.4 is 0 Å². The summed E-state index contributed by atoms with van der Waals surface area (Å²) in [5.41, 5.74) is 1.38. The number of aromatic nitrogens is 1. The van der Waals surface area contributed by atoms with Crippen molar-refractivity contribution in [1.82, 2.24) is 4.57 Å². The van der Waals surface area contributed by atoms with Gasteiger partial charge in [0.05, 0.1) is 18.6 Å². The molecule has 1 aromatic heterocycles. The summed E-state index contributed by atoms with van der Waals surface area (Å²) in [7, 11) is 1.31. The molecule has 0 radical (unpaired) electrons. The van der Waals surface area contributed by atoms with Crippen LogP contribution in [0.25, 0.3) is 0 Å². The van der Waals surface area contributed by atoms with E-state index in [0.717, 1.165) is 11.8 Å². The molecule has 0 saturated heterocycles. The van der Waals surface area contributed by atoms with Gasteiger partial charge in [-0.1, -0.05) is 17.7 Å². The molecule has 2 aromatic rings. The molecule has 1 heterocycles. The molecule has 0 atom stereocenters. The first-order valence-corrected chi connectivity index (χ1v) is 8.52. The molecule has 0 fully saturated rings. The molecule has 0 aliphatic carbocycles. The van der Waals surface area contributed by atoms with E-state index < -0.39 is 29.7 Å². The van der Waals surface area contributed by atoms with Gasteiger partial charge in [-0.05, 0) is 32.0 Å². The van der Waals surface area contributed by atoms with Gasteiger partial charge in [0.15, 0.2) is 6.61 Å². The van der Waals surface area contributed by atoms with Crippen molar-refractivity contribution in [3.8, 4) is 0 Å². The van der Waals surface area contributed by atoms with Gasteiger partial charge in [0.1, 0.15) is 11.4 Å². The Morgan fingerprint density at radius 2 is 1.93 bits per heavy atom. The van der Waals surface area contributed by atoms with Gasteiger partial charge in [-0.25, -0.2) is 9.18 Å². The van der Waals surface area contributed by atoms with Gasteiger partial charge >= 0.3 is 11.9 Å². The number of ketones is 1. The highest BCUT2D eigenvalue weighted by Gasteiger charge is 2.21. The Hall–Kier alpha value is -2.67. The lowest BCUT2D eigenvalue weighted by Crippen LogP contribution is -2.16. The fourth-order valence-corrected chi connectivity index (χ4v) is 2.95. The fraction of sp³-hybridized carbons (Fsp3) is 0.316. The Kier molecular flexibility index (Phi) is 6.74. The minimum atomic E-state index is -1.01. The number of Topliss-reactive ketones (excluding diaryl/α,β-unsaturated/α-hetero) is 1. The Bertz CT molecular complexity index is 870. The second-order valence-electron chi connectivity index (χ2n) is 5.86. The van der Waals surface area contributed by atoms with E-state index in [2.05, 4.69) is 4.74 Å². The average molecular weight is 396 g/mol. The summed E-state index contributed by atoms with van der Waals surface area (Å²) in [6, 6.07) is 5.46. The number of esters is 2. The van der Waals surface area contributed by atoms with Crippen LogP contribution in [0.5, 0.6) is 0 Å². The highest BCUT2D eigenvalue weighted by molar-refractivity contribution is 6.33. The molecular weight excluding hydrogens is 377 g/mol. The number of aryl methyl sites for hydroxylation is 1. The Morgan fingerprint density at radius 3 is 2.56 bits per heavy atom. The molecule has 144 valence electrons. The van der Waals surface area contributed by atoms with Crippen molar-refractivity contribution in [3.63, 3.8) is 0 Å². The predicted octanol–water partition coefficient (Wildman–Crippen LogP) is 3.50. The van der Waals surface area contributed by atoms with E-state index in [0.29, 0.717) is 17.8 Å². The van der Waals surface area contributed by atoms with Crippen molar-refractivity contribution in [1.29, 1.82) is 0 Å². The Balaban J connectivity index is 2.08. The SMILES string of the molecule is COC(=O)CCn1c(C)cc(C(=O)COC(=O)c2c(F)cccc2Cl)c1C. The van der Waals surface area contributed by atoms with Crippen molar-refractivity contribution in [2.75, 3.05) is 13.7 Å². The molecule has 0 amide bonds. The van der Waals surface area contributed by atoms with E-state index in [1.807, 2.05) is 0 Å². The summed E-state index contributed by atoms with van der Waals surface area (Å²) in [6.45, 7) is 3.34. The summed E-state index contributed by atoms with van der Waals surface area (Å²) in [6.07, 6.45) is 0.168. The summed E-state index contributed by atoms with van der Waals surface area (Å²) >= 11 is 5.81. The summed E-state index contributed by atoms with van der Waals surface area (Å²) < 4.78 is 25.1. The number of halogens is 2. The number of ether oxygens (including phenoxy) is 2. The zero-order chi connectivity index (χ0) is 20.1. The van der Waals surface area contributed by atoms with Crippen LogP contribution in [-0.2, 0) is 20.8 Å². The summed E-state index contributed by atoms with van der Waals surface area (Å²) in [5.74, 6) is -2.62. The molecule has 0 spiro atoms. The Morgan fingerprint density at radius 1 is 1.22 bits per heavy atom. The molecule has 6 nitrogen and oxygen atoms in total. The molecule has 2 rings (SSSR count). The third kappa shape index (κ3) is 4.74.